The maximum atomic E-state index is 8.09. The van der Waals surface area contributed by atoms with Crippen molar-refractivity contribution >= 4 is 37.7 Å². The third-order valence-corrected chi connectivity index (χ3v) is 0.566. The first kappa shape index (κ1) is 11.0. The number of hydrogen-bond acceptors (Lipinski definition) is 2. The summed E-state index contributed by atoms with van der Waals surface area (Å²) in [5, 5.41) is 16.2. The summed E-state index contributed by atoms with van der Waals surface area (Å²) in [4.78, 5) is 0. The summed E-state index contributed by atoms with van der Waals surface area (Å²) in [6, 6.07) is 0. The molecule has 0 bridgehead atoms. The number of hydrogen-bond donors (Lipinski definition) is 2. The standard InChI is InChI=1S/C4H10O2.Ca.2H/c5-3-1-2-4-6;;;/h5-6H,1-4H2;;;/q;+2;2*-1. The molecule has 0 aliphatic heterocycles. The topological polar surface area (TPSA) is 40.5 Å². The van der Waals surface area contributed by atoms with Crippen LogP contribution in [0.5, 0.6) is 0 Å². The number of aliphatic hydroxyl groups excluding tert-OH is 2. The number of rotatable bonds is 3. The van der Waals surface area contributed by atoms with Gasteiger partial charge in [-0.05, 0) is 12.8 Å². The van der Waals surface area contributed by atoms with Crippen LogP contribution in [0.25, 0.3) is 0 Å². The molecule has 0 saturated carbocycles. The molecular weight excluding hydrogens is 120 g/mol. The van der Waals surface area contributed by atoms with E-state index in [1.807, 2.05) is 0 Å². The third-order valence-electron chi connectivity index (χ3n) is 0.566. The van der Waals surface area contributed by atoms with Crippen molar-refractivity contribution in [2.75, 3.05) is 13.2 Å². The molecular formula is C4H12CaO2. The van der Waals surface area contributed by atoms with E-state index < -0.39 is 0 Å². The van der Waals surface area contributed by atoms with E-state index in [1.54, 1.807) is 0 Å². The summed E-state index contributed by atoms with van der Waals surface area (Å²) in [6.07, 6.45) is 1.44. The van der Waals surface area contributed by atoms with Crippen molar-refractivity contribution in [2.45, 2.75) is 12.8 Å². The first-order chi connectivity index (χ1) is 2.91. The molecule has 2 nitrogen and oxygen atoms in total. The number of aliphatic hydroxyl groups is 2. The fraction of sp³-hybridized carbons (Fsp3) is 1.00. The van der Waals surface area contributed by atoms with Gasteiger partial charge in [-0.1, -0.05) is 0 Å². The van der Waals surface area contributed by atoms with Crippen molar-refractivity contribution in [3.63, 3.8) is 0 Å². The van der Waals surface area contributed by atoms with E-state index in [2.05, 4.69) is 0 Å². The van der Waals surface area contributed by atoms with E-state index in [-0.39, 0.29) is 53.8 Å². The zero-order valence-corrected chi connectivity index (χ0v) is 6.64. The molecule has 7 heavy (non-hydrogen) atoms. The van der Waals surface area contributed by atoms with Crippen LogP contribution in [0.1, 0.15) is 15.7 Å². The van der Waals surface area contributed by atoms with Crippen LogP contribution < -0.4 is 0 Å². The zero-order chi connectivity index (χ0) is 4.83. The normalized spacial score (nSPS) is 7.71. The van der Waals surface area contributed by atoms with Crippen LogP contribution in [-0.4, -0.2) is 61.2 Å². The quantitative estimate of drug-likeness (QED) is 0.405. The molecule has 0 aromatic carbocycles. The average Bonchev–Trinajstić information content (AvgIpc) is 1.61. The van der Waals surface area contributed by atoms with Gasteiger partial charge in [0.25, 0.3) is 0 Å². The summed E-state index contributed by atoms with van der Waals surface area (Å²) >= 11 is 0. The van der Waals surface area contributed by atoms with Gasteiger partial charge in [0.1, 0.15) is 0 Å². The molecule has 3 heteroatoms. The minimum absolute atomic E-state index is 0. The van der Waals surface area contributed by atoms with Crippen molar-refractivity contribution in [1.29, 1.82) is 0 Å². The second-order valence-electron chi connectivity index (χ2n) is 1.15. The molecule has 0 amide bonds. The van der Waals surface area contributed by atoms with E-state index in [0.29, 0.717) is 0 Å². The van der Waals surface area contributed by atoms with Gasteiger partial charge in [-0.2, -0.15) is 0 Å². The fourth-order valence-corrected chi connectivity index (χ4v) is 0.224. The summed E-state index contributed by atoms with van der Waals surface area (Å²) in [6.45, 7) is 0.390. The first-order valence-electron chi connectivity index (χ1n) is 2.13. The van der Waals surface area contributed by atoms with Gasteiger partial charge in [-0.15, -0.1) is 0 Å². The minimum Gasteiger partial charge on any atom is -1.00 e. The Morgan fingerprint density at radius 1 is 1.00 bits per heavy atom. The predicted octanol–water partition coefficient (Wildman–Crippen LogP) is -0.405. The zero-order valence-electron chi connectivity index (χ0n) is 6.43. The molecule has 0 aliphatic carbocycles. The summed E-state index contributed by atoms with van der Waals surface area (Å²) < 4.78 is 0. The molecule has 2 N–H and O–H groups in total. The monoisotopic (exact) mass is 132 g/mol. The molecule has 0 rings (SSSR count). The van der Waals surface area contributed by atoms with Crippen LogP contribution in [0.4, 0.5) is 0 Å². The van der Waals surface area contributed by atoms with E-state index >= 15 is 0 Å². The molecule has 0 aromatic heterocycles. The molecule has 0 aliphatic rings. The van der Waals surface area contributed by atoms with Crippen LogP contribution in [0.2, 0.25) is 0 Å². The Hall–Kier alpha value is 1.18. The summed E-state index contributed by atoms with van der Waals surface area (Å²) in [5.41, 5.74) is 0. The van der Waals surface area contributed by atoms with Crippen LogP contribution in [0.15, 0.2) is 0 Å². The van der Waals surface area contributed by atoms with Gasteiger partial charge in [-0.3, -0.25) is 0 Å². The average molecular weight is 132 g/mol. The Bertz CT molecular complexity index is 28.5. The van der Waals surface area contributed by atoms with Crippen molar-refractivity contribution in [2.24, 2.45) is 0 Å². The van der Waals surface area contributed by atoms with Gasteiger partial charge in [-0.25, -0.2) is 0 Å². The Morgan fingerprint density at radius 2 is 1.29 bits per heavy atom. The van der Waals surface area contributed by atoms with Crippen molar-refractivity contribution < 1.29 is 13.1 Å². The van der Waals surface area contributed by atoms with Crippen molar-refractivity contribution in [1.82, 2.24) is 0 Å². The van der Waals surface area contributed by atoms with Crippen LogP contribution in [-0.2, 0) is 0 Å². The van der Waals surface area contributed by atoms with Crippen molar-refractivity contribution in [3.05, 3.63) is 0 Å². The third kappa shape index (κ3) is 11.0. The largest absolute Gasteiger partial charge is 2.00 e. The minimum atomic E-state index is 0. The van der Waals surface area contributed by atoms with Gasteiger partial charge >= 0.3 is 37.7 Å². The molecule has 0 unspecified atom stereocenters. The van der Waals surface area contributed by atoms with Crippen LogP contribution >= 0.6 is 0 Å². The fourth-order valence-electron chi connectivity index (χ4n) is 0.224. The smallest absolute Gasteiger partial charge is 1.00 e. The maximum absolute atomic E-state index is 8.09. The Labute approximate surface area is 76.5 Å². The summed E-state index contributed by atoms with van der Waals surface area (Å²) in [5.74, 6) is 0. The van der Waals surface area contributed by atoms with E-state index in [9.17, 15) is 0 Å². The molecule has 0 spiro atoms. The van der Waals surface area contributed by atoms with E-state index in [4.69, 9.17) is 10.2 Å². The van der Waals surface area contributed by atoms with Gasteiger partial charge in [0.2, 0.25) is 0 Å². The second kappa shape index (κ2) is 10.2. The second-order valence-corrected chi connectivity index (χ2v) is 1.15. The molecule has 42 valence electrons. The Balaban J connectivity index is -0.0000000417. The predicted molar refractivity (Wildman–Crippen MR) is 31.4 cm³/mol. The Kier molecular flexibility index (Phi) is 16.1. The molecule has 0 saturated heterocycles. The van der Waals surface area contributed by atoms with Gasteiger partial charge in [0.05, 0.1) is 0 Å². The molecule has 0 radical (unpaired) electrons. The maximum Gasteiger partial charge on any atom is 2.00 e. The van der Waals surface area contributed by atoms with E-state index in [0.717, 1.165) is 12.8 Å². The SMILES string of the molecule is OCCCCO.[Ca+2].[H-].[H-]. The van der Waals surface area contributed by atoms with Gasteiger partial charge in [0.15, 0.2) is 0 Å². The van der Waals surface area contributed by atoms with Gasteiger partial charge in [0, 0.05) is 13.2 Å². The first-order valence-corrected chi connectivity index (χ1v) is 2.13. The molecule has 0 heterocycles. The molecule has 0 aromatic rings. The van der Waals surface area contributed by atoms with E-state index in [1.165, 1.54) is 0 Å². The van der Waals surface area contributed by atoms with Gasteiger partial charge < -0.3 is 13.1 Å². The van der Waals surface area contributed by atoms with Crippen LogP contribution in [0, 0.1) is 0 Å². The summed E-state index contributed by atoms with van der Waals surface area (Å²) in [7, 11) is 0. The van der Waals surface area contributed by atoms with Crippen LogP contribution in [0.3, 0.4) is 0 Å². The number of unbranched alkanes of at least 4 members (excludes halogenated alkanes) is 1. The van der Waals surface area contributed by atoms with Crippen molar-refractivity contribution in [3.8, 4) is 0 Å². The Morgan fingerprint density at radius 3 is 1.43 bits per heavy atom. The molecule has 0 atom stereocenters. The molecule has 0 fully saturated rings.